The third-order valence-corrected chi connectivity index (χ3v) is 4.65. The standard InChI is InChI=1S/C15H22F3O4P/c1-4-14(2,3)13-9-7-12(8-10-13)6-5-11-21-23(19,20)22-15(16,17)18/h7-10H,4-6,11H2,1-3H3,(H,19,20). The van der Waals surface area contributed by atoms with E-state index in [2.05, 4.69) is 29.8 Å². The average Bonchev–Trinajstić information content (AvgIpc) is 2.41. The second-order valence-corrected chi connectivity index (χ2v) is 7.25. The molecule has 132 valence electrons. The Bertz CT molecular complexity index is 541. The van der Waals surface area contributed by atoms with Crippen molar-refractivity contribution >= 4 is 7.82 Å². The van der Waals surface area contributed by atoms with Crippen LogP contribution in [-0.2, 0) is 25.4 Å². The Morgan fingerprint density at radius 2 is 1.74 bits per heavy atom. The van der Waals surface area contributed by atoms with Gasteiger partial charge in [0.25, 0.3) is 0 Å². The van der Waals surface area contributed by atoms with Crippen LogP contribution in [0.5, 0.6) is 0 Å². The Kier molecular flexibility index (Phi) is 6.83. The molecule has 4 nitrogen and oxygen atoms in total. The minimum Gasteiger partial charge on any atom is -0.302 e. The topological polar surface area (TPSA) is 55.8 Å². The van der Waals surface area contributed by atoms with Gasteiger partial charge in [-0.05, 0) is 35.8 Å². The molecule has 0 radical (unpaired) electrons. The van der Waals surface area contributed by atoms with Crippen molar-refractivity contribution in [1.82, 2.24) is 0 Å². The van der Waals surface area contributed by atoms with Crippen molar-refractivity contribution in [2.75, 3.05) is 6.61 Å². The molecule has 0 aliphatic carbocycles. The summed E-state index contributed by atoms with van der Waals surface area (Å²) in [4.78, 5) is 8.89. The van der Waals surface area contributed by atoms with Crippen LogP contribution in [0, 0.1) is 0 Å². The van der Waals surface area contributed by atoms with Crippen molar-refractivity contribution in [3.8, 4) is 0 Å². The second-order valence-electron chi connectivity index (χ2n) is 5.88. The van der Waals surface area contributed by atoms with Gasteiger partial charge in [-0.25, -0.2) is 4.57 Å². The summed E-state index contributed by atoms with van der Waals surface area (Å²) in [6.45, 7) is 6.11. The van der Waals surface area contributed by atoms with Gasteiger partial charge in [-0.2, -0.15) is 4.52 Å². The molecule has 1 unspecified atom stereocenters. The van der Waals surface area contributed by atoms with Crippen LogP contribution in [0.2, 0.25) is 0 Å². The Hall–Kier alpha value is -0.880. The van der Waals surface area contributed by atoms with Crippen molar-refractivity contribution in [3.05, 3.63) is 35.4 Å². The molecule has 8 heteroatoms. The number of halogens is 3. The van der Waals surface area contributed by atoms with E-state index in [9.17, 15) is 17.7 Å². The van der Waals surface area contributed by atoms with Gasteiger partial charge in [-0.15, -0.1) is 13.2 Å². The van der Waals surface area contributed by atoms with Crippen LogP contribution < -0.4 is 0 Å². The summed E-state index contributed by atoms with van der Waals surface area (Å²) >= 11 is 0. The van der Waals surface area contributed by atoms with Gasteiger partial charge in [-0.3, -0.25) is 4.52 Å². The predicted octanol–water partition coefficient (Wildman–Crippen LogP) is 4.96. The van der Waals surface area contributed by atoms with E-state index >= 15 is 0 Å². The number of rotatable bonds is 8. The molecule has 0 fully saturated rings. The van der Waals surface area contributed by atoms with Crippen LogP contribution in [0.4, 0.5) is 13.2 Å². The number of aryl methyl sites for hydroxylation is 1. The van der Waals surface area contributed by atoms with E-state index < -0.39 is 14.2 Å². The minimum absolute atomic E-state index is 0.0834. The summed E-state index contributed by atoms with van der Waals surface area (Å²) in [6.07, 6.45) is -3.36. The number of alkyl halides is 3. The van der Waals surface area contributed by atoms with Crippen LogP contribution in [0.15, 0.2) is 24.3 Å². The Balaban J connectivity index is 2.44. The second kappa shape index (κ2) is 7.79. The van der Waals surface area contributed by atoms with Crippen molar-refractivity contribution in [2.24, 2.45) is 0 Å². The molecular formula is C15H22F3O4P. The lowest BCUT2D eigenvalue weighted by atomic mass is 9.82. The first-order chi connectivity index (χ1) is 10.5. The van der Waals surface area contributed by atoms with Crippen molar-refractivity contribution in [2.45, 2.75) is 51.8 Å². The highest BCUT2D eigenvalue weighted by molar-refractivity contribution is 7.47. The van der Waals surface area contributed by atoms with E-state index in [-0.39, 0.29) is 12.0 Å². The molecule has 23 heavy (non-hydrogen) atoms. The highest BCUT2D eigenvalue weighted by Gasteiger charge is 2.40. The highest BCUT2D eigenvalue weighted by atomic mass is 31.2. The van der Waals surface area contributed by atoms with E-state index in [1.165, 1.54) is 5.56 Å². The van der Waals surface area contributed by atoms with E-state index in [0.717, 1.165) is 12.0 Å². The SMILES string of the molecule is CCC(C)(C)c1ccc(CCCOP(=O)(O)OC(F)(F)F)cc1. The molecule has 0 aliphatic rings. The molecule has 0 aromatic heterocycles. The summed E-state index contributed by atoms with van der Waals surface area (Å²) < 4.78 is 53.9. The summed E-state index contributed by atoms with van der Waals surface area (Å²) in [7, 11) is -5.09. The molecule has 0 saturated carbocycles. The van der Waals surface area contributed by atoms with Crippen LogP contribution in [0.25, 0.3) is 0 Å². The maximum atomic E-state index is 11.9. The zero-order valence-electron chi connectivity index (χ0n) is 13.4. The van der Waals surface area contributed by atoms with Crippen molar-refractivity contribution < 1.29 is 31.7 Å². The predicted molar refractivity (Wildman–Crippen MR) is 81.0 cm³/mol. The lowest BCUT2D eigenvalue weighted by Gasteiger charge is -2.23. The normalized spacial score (nSPS) is 15.4. The van der Waals surface area contributed by atoms with Gasteiger partial charge in [0.1, 0.15) is 0 Å². The smallest absolute Gasteiger partial charge is 0.302 e. The zero-order chi connectivity index (χ0) is 17.7. The van der Waals surface area contributed by atoms with E-state index in [1.807, 2.05) is 24.3 Å². The first-order valence-electron chi connectivity index (χ1n) is 7.29. The minimum atomic E-state index is -5.20. The van der Waals surface area contributed by atoms with E-state index in [0.29, 0.717) is 12.8 Å². The zero-order valence-corrected chi connectivity index (χ0v) is 14.3. The first kappa shape index (κ1) is 20.2. The van der Waals surface area contributed by atoms with Crippen LogP contribution in [-0.4, -0.2) is 17.9 Å². The maximum Gasteiger partial charge on any atom is 0.531 e. The lowest BCUT2D eigenvalue weighted by molar-refractivity contribution is -0.282. The molecule has 1 aromatic carbocycles. The third-order valence-electron chi connectivity index (χ3n) is 3.70. The molecule has 1 rings (SSSR count). The van der Waals surface area contributed by atoms with Gasteiger partial charge in [0, 0.05) is 0 Å². The number of benzene rings is 1. The van der Waals surface area contributed by atoms with Crippen LogP contribution >= 0.6 is 7.82 Å². The summed E-state index contributed by atoms with van der Waals surface area (Å²) in [5.74, 6) is 0. The molecule has 0 spiro atoms. The number of hydrogen-bond donors (Lipinski definition) is 1. The first-order valence-corrected chi connectivity index (χ1v) is 8.79. The summed E-state index contributed by atoms with van der Waals surface area (Å²) in [5, 5.41) is 0. The Morgan fingerprint density at radius 1 is 1.17 bits per heavy atom. The fourth-order valence-electron chi connectivity index (χ4n) is 1.94. The molecule has 0 aliphatic heterocycles. The van der Waals surface area contributed by atoms with Gasteiger partial charge < -0.3 is 4.89 Å². The van der Waals surface area contributed by atoms with Gasteiger partial charge >= 0.3 is 14.2 Å². The molecule has 0 bridgehead atoms. The molecule has 0 saturated heterocycles. The fourth-order valence-corrected chi connectivity index (χ4v) is 2.61. The summed E-state index contributed by atoms with van der Waals surface area (Å²) in [6, 6.07) is 7.92. The largest absolute Gasteiger partial charge is 0.531 e. The molecule has 1 atom stereocenters. The molecule has 1 N–H and O–H groups in total. The van der Waals surface area contributed by atoms with Gasteiger partial charge in [0.15, 0.2) is 0 Å². The number of phosphoric ester groups is 1. The molecule has 0 heterocycles. The quantitative estimate of drug-likeness (QED) is 0.529. The molecular weight excluding hydrogens is 332 g/mol. The lowest BCUT2D eigenvalue weighted by Crippen LogP contribution is -2.15. The maximum absolute atomic E-state index is 11.9. The van der Waals surface area contributed by atoms with E-state index in [1.54, 1.807) is 0 Å². The average molecular weight is 354 g/mol. The van der Waals surface area contributed by atoms with Gasteiger partial charge in [-0.1, -0.05) is 45.0 Å². The highest BCUT2D eigenvalue weighted by Crippen LogP contribution is 2.48. The molecule has 1 aromatic rings. The van der Waals surface area contributed by atoms with Crippen LogP contribution in [0.1, 0.15) is 44.7 Å². The molecule has 0 amide bonds. The van der Waals surface area contributed by atoms with Crippen molar-refractivity contribution in [1.29, 1.82) is 0 Å². The van der Waals surface area contributed by atoms with Gasteiger partial charge in [0.05, 0.1) is 6.61 Å². The third kappa shape index (κ3) is 7.48. The van der Waals surface area contributed by atoms with E-state index in [4.69, 9.17) is 4.89 Å². The Labute approximate surface area is 134 Å². The fraction of sp³-hybridized carbons (Fsp3) is 0.600. The number of hydrogen-bond acceptors (Lipinski definition) is 3. The van der Waals surface area contributed by atoms with Crippen molar-refractivity contribution in [3.63, 3.8) is 0 Å². The summed E-state index contributed by atoms with van der Waals surface area (Å²) in [5.41, 5.74) is 2.27. The van der Waals surface area contributed by atoms with Gasteiger partial charge in [0.2, 0.25) is 0 Å². The van der Waals surface area contributed by atoms with Crippen LogP contribution in [0.3, 0.4) is 0 Å². The number of phosphoric acid groups is 1. The monoisotopic (exact) mass is 354 g/mol. The Morgan fingerprint density at radius 3 is 2.22 bits per heavy atom.